The van der Waals surface area contributed by atoms with Crippen molar-refractivity contribution in [3.63, 3.8) is 0 Å². The summed E-state index contributed by atoms with van der Waals surface area (Å²) in [6.45, 7) is 2.67. The number of nitrogens with two attached hydrogens (primary N) is 2. The van der Waals surface area contributed by atoms with Crippen LogP contribution < -0.4 is 11.5 Å². The van der Waals surface area contributed by atoms with Crippen molar-refractivity contribution in [2.45, 2.75) is 25.1 Å². The number of rotatable bonds is 2. The number of aliphatic hydroxyl groups is 1. The molecule has 0 aliphatic heterocycles. The summed E-state index contributed by atoms with van der Waals surface area (Å²) in [7, 11) is 0. The van der Waals surface area contributed by atoms with Crippen molar-refractivity contribution in [3.05, 3.63) is 0 Å². The van der Waals surface area contributed by atoms with Gasteiger partial charge in [0, 0.05) is 0 Å². The Balaban J connectivity index is 4.57. The van der Waals surface area contributed by atoms with Gasteiger partial charge in [0.1, 0.15) is 0 Å². The van der Waals surface area contributed by atoms with E-state index in [0.29, 0.717) is 0 Å². The summed E-state index contributed by atoms with van der Waals surface area (Å²) in [5, 5.41) is 17.3. The maximum absolute atomic E-state index is 10.2. The molecule has 0 spiro atoms. The van der Waals surface area contributed by atoms with Crippen LogP contribution in [0.5, 0.6) is 0 Å². The van der Waals surface area contributed by atoms with Crippen LogP contribution in [-0.2, 0) is 4.79 Å². The van der Waals surface area contributed by atoms with Gasteiger partial charge in [0.25, 0.3) is 0 Å². The summed E-state index contributed by atoms with van der Waals surface area (Å²) in [6, 6.07) is 0. The normalized spacial score (nSPS) is 18.1. The van der Waals surface area contributed by atoms with E-state index in [1.54, 1.807) is 0 Å². The van der Waals surface area contributed by atoms with Crippen LogP contribution >= 0.6 is 0 Å². The highest BCUT2D eigenvalue weighted by Crippen LogP contribution is 2.12. The lowest BCUT2D eigenvalue weighted by Gasteiger charge is -2.31. The van der Waals surface area contributed by atoms with Gasteiger partial charge in [-0.1, -0.05) is 0 Å². The minimum Gasteiger partial charge on any atom is -0.478 e. The van der Waals surface area contributed by atoms with Crippen molar-refractivity contribution in [2.75, 3.05) is 0 Å². The molecule has 0 fully saturated rings. The maximum atomic E-state index is 10.2. The van der Waals surface area contributed by atoms with Gasteiger partial charge < -0.3 is 15.9 Å². The monoisotopic (exact) mass is 148 g/mol. The molecule has 0 aliphatic rings. The largest absolute Gasteiger partial charge is 0.478 e. The summed E-state index contributed by atoms with van der Waals surface area (Å²) in [6.07, 6.45) is 0. The van der Waals surface area contributed by atoms with Gasteiger partial charge in [-0.2, -0.15) is 0 Å². The summed E-state index contributed by atoms with van der Waals surface area (Å²) in [4.78, 5) is 10.2. The molecular formula is C5H12N2O3. The smallest absolute Gasteiger partial charge is 0.352 e. The first-order chi connectivity index (χ1) is 4.19. The molecule has 0 unspecified atom stereocenters. The highest BCUT2D eigenvalue weighted by atomic mass is 16.4. The highest BCUT2D eigenvalue weighted by Gasteiger charge is 2.44. The first-order valence-electron chi connectivity index (χ1n) is 2.73. The quantitative estimate of drug-likeness (QED) is 0.355. The van der Waals surface area contributed by atoms with Gasteiger partial charge in [-0.25, -0.2) is 4.79 Å². The first-order valence-corrected chi connectivity index (χ1v) is 2.73. The molecule has 10 heavy (non-hydrogen) atoms. The SMILES string of the molecule is CC(C)(N)[C@@](N)(O)C(=O)O. The average Bonchev–Trinajstić information content (AvgIpc) is 1.62. The van der Waals surface area contributed by atoms with Crippen molar-refractivity contribution >= 4 is 5.97 Å². The van der Waals surface area contributed by atoms with Gasteiger partial charge >= 0.3 is 5.97 Å². The molecule has 0 bridgehead atoms. The first kappa shape index (κ1) is 9.35. The lowest BCUT2D eigenvalue weighted by atomic mass is 9.93. The molecule has 0 radical (unpaired) electrons. The minimum absolute atomic E-state index is 1.33. The van der Waals surface area contributed by atoms with Gasteiger partial charge in [0.15, 0.2) is 0 Å². The van der Waals surface area contributed by atoms with Crippen LogP contribution in [0.1, 0.15) is 13.8 Å². The van der Waals surface area contributed by atoms with Crippen LogP contribution in [0.15, 0.2) is 0 Å². The number of carboxylic acid groups (broad SMARTS) is 1. The highest BCUT2D eigenvalue weighted by molar-refractivity contribution is 5.78. The van der Waals surface area contributed by atoms with Crippen LogP contribution in [0.3, 0.4) is 0 Å². The maximum Gasteiger partial charge on any atom is 0.352 e. The zero-order valence-electron chi connectivity index (χ0n) is 5.96. The fraction of sp³-hybridized carbons (Fsp3) is 0.800. The van der Waals surface area contributed by atoms with E-state index in [-0.39, 0.29) is 0 Å². The topological polar surface area (TPSA) is 110 Å². The number of aliphatic carboxylic acids is 1. The predicted octanol–water partition coefficient (Wildman–Crippen LogP) is -1.54. The van der Waals surface area contributed by atoms with Crippen LogP contribution in [0.25, 0.3) is 0 Å². The zero-order chi connectivity index (χ0) is 8.58. The third-order valence-corrected chi connectivity index (χ3v) is 1.31. The summed E-state index contributed by atoms with van der Waals surface area (Å²) in [5.41, 5.74) is 6.51. The van der Waals surface area contributed by atoms with Crippen molar-refractivity contribution in [1.29, 1.82) is 0 Å². The van der Waals surface area contributed by atoms with E-state index in [2.05, 4.69) is 0 Å². The molecule has 0 heterocycles. The average molecular weight is 148 g/mol. The van der Waals surface area contributed by atoms with Crippen molar-refractivity contribution in [3.8, 4) is 0 Å². The molecule has 0 aliphatic carbocycles. The molecule has 0 saturated carbocycles. The van der Waals surface area contributed by atoms with Crippen LogP contribution in [-0.4, -0.2) is 27.4 Å². The summed E-state index contributed by atoms with van der Waals surface area (Å²) >= 11 is 0. The summed E-state index contributed by atoms with van der Waals surface area (Å²) < 4.78 is 0. The molecule has 0 aromatic rings. The molecule has 1 atom stereocenters. The minimum atomic E-state index is -2.37. The molecule has 0 aromatic carbocycles. The third kappa shape index (κ3) is 1.44. The van der Waals surface area contributed by atoms with Gasteiger partial charge in [-0.05, 0) is 13.8 Å². The standard InChI is InChI=1S/C5H12N2O3/c1-4(2,6)5(7,10)3(8)9/h10H,6-7H2,1-2H3,(H,8,9)/t5-/m0/s1. The second-order valence-electron chi connectivity index (χ2n) is 2.79. The predicted molar refractivity (Wildman–Crippen MR) is 35.0 cm³/mol. The van der Waals surface area contributed by atoms with Crippen LogP contribution in [0.4, 0.5) is 0 Å². The Kier molecular flexibility index (Phi) is 2.05. The van der Waals surface area contributed by atoms with E-state index in [0.717, 1.165) is 0 Å². The van der Waals surface area contributed by atoms with Crippen LogP contribution in [0, 0.1) is 0 Å². The van der Waals surface area contributed by atoms with Crippen molar-refractivity contribution < 1.29 is 15.0 Å². The van der Waals surface area contributed by atoms with E-state index >= 15 is 0 Å². The van der Waals surface area contributed by atoms with Gasteiger partial charge in [-0.3, -0.25) is 5.73 Å². The molecule has 0 aromatic heterocycles. The lowest BCUT2D eigenvalue weighted by Crippen LogP contribution is -2.67. The van der Waals surface area contributed by atoms with E-state index in [1.807, 2.05) is 0 Å². The molecule has 0 saturated heterocycles. The number of hydrogen-bond acceptors (Lipinski definition) is 4. The number of carboxylic acids is 1. The Morgan fingerprint density at radius 2 is 1.70 bits per heavy atom. The van der Waals surface area contributed by atoms with Crippen molar-refractivity contribution in [1.82, 2.24) is 0 Å². The van der Waals surface area contributed by atoms with Crippen molar-refractivity contribution in [2.24, 2.45) is 11.5 Å². The Labute approximate surface area is 58.6 Å². The zero-order valence-corrected chi connectivity index (χ0v) is 5.96. The lowest BCUT2D eigenvalue weighted by molar-refractivity contribution is -0.164. The Hall–Kier alpha value is -0.650. The van der Waals surface area contributed by atoms with E-state index < -0.39 is 17.2 Å². The molecule has 5 heteroatoms. The van der Waals surface area contributed by atoms with Gasteiger partial charge in [0.2, 0.25) is 5.72 Å². The number of carbonyl (C=O) groups is 1. The van der Waals surface area contributed by atoms with E-state index in [4.69, 9.17) is 21.7 Å². The molecule has 0 rings (SSSR count). The summed E-state index contributed by atoms with van der Waals surface area (Å²) in [5.74, 6) is -1.53. The molecule has 6 N–H and O–H groups in total. The Bertz CT molecular complexity index is 147. The Morgan fingerprint density at radius 1 is 1.40 bits per heavy atom. The second-order valence-corrected chi connectivity index (χ2v) is 2.79. The van der Waals surface area contributed by atoms with E-state index in [1.165, 1.54) is 13.8 Å². The molecule has 0 amide bonds. The van der Waals surface area contributed by atoms with Crippen LogP contribution in [0.2, 0.25) is 0 Å². The molecular weight excluding hydrogens is 136 g/mol. The van der Waals surface area contributed by atoms with E-state index in [9.17, 15) is 4.79 Å². The fourth-order valence-corrected chi connectivity index (χ4v) is 0.276. The number of hydrogen-bond donors (Lipinski definition) is 4. The third-order valence-electron chi connectivity index (χ3n) is 1.31. The fourth-order valence-electron chi connectivity index (χ4n) is 0.276. The van der Waals surface area contributed by atoms with Gasteiger partial charge in [-0.15, -0.1) is 0 Å². The second kappa shape index (κ2) is 2.19. The Morgan fingerprint density at radius 3 is 1.70 bits per heavy atom. The van der Waals surface area contributed by atoms with Gasteiger partial charge in [0.05, 0.1) is 5.54 Å². The molecule has 5 nitrogen and oxygen atoms in total. The molecule has 60 valence electrons.